The Morgan fingerprint density at radius 1 is 1.43 bits per heavy atom. The molecule has 1 aromatic carbocycles. The monoisotopic (exact) mass is 374 g/mol. The molecule has 0 saturated heterocycles. The zero-order valence-corrected chi connectivity index (χ0v) is 14.6. The third kappa shape index (κ3) is 3.46. The van der Waals surface area contributed by atoms with E-state index in [2.05, 4.69) is 20.7 Å². The van der Waals surface area contributed by atoms with Crippen LogP contribution >= 0.6 is 15.9 Å². The molecule has 0 radical (unpaired) electrons. The second kappa shape index (κ2) is 6.46. The summed E-state index contributed by atoms with van der Waals surface area (Å²) < 4.78 is 28.4. The Morgan fingerprint density at radius 3 is 2.76 bits per heavy atom. The molecule has 1 N–H and O–H groups in total. The maximum absolute atomic E-state index is 12.5. The van der Waals surface area contributed by atoms with Crippen LogP contribution in [0, 0.1) is 0 Å². The number of unbranched alkanes of at least 4 members (excludes halogenated alkanes) is 1. The Hall–Kier alpha value is -0.920. The zero-order valence-electron chi connectivity index (χ0n) is 12.1. The van der Waals surface area contributed by atoms with Crippen LogP contribution in [0.5, 0.6) is 0 Å². The van der Waals surface area contributed by atoms with E-state index in [1.807, 2.05) is 13.0 Å². The summed E-state index contributed by atoms with van der Waals surface area (Å²) in [5.41, 5.74) is 1.41. The standard InChI is InChI=1S/C14H19BrN2O3S/c1-3-4-6-16-21(19,20)13-9-12(15)8-11-5-7-17(10(2)18)14(11)13/h8-9,16H,3-7H2,1-2H3. The molecule has 7 heteroatoms. The summed E-state index contributed by atoms with van der Waals surface area (Å²) in [5.74, 6) is -0.138. The molecule has 2 rings (SSSR count). The van der Waals surface area contributed by atoms with Crippen molar-refractivity contribution in [1.29, 1.82) is 0 Å². The second-order valence-electron chi connectivity index (χ2n) is 5.08. The molecule has 0 unspecified atom stereocenters. The van der Waals surface area contributed by atoms with Gasteiger partial charge in [0, 0.05) is 24.5 Å². The molecule has 21 heavy (non-hydrogen) atoms. The lowest BCUT2D eigenvalue weighted by molar-refractivity contribution is -0.116. The first kappa shape index (κ1) is 16.5. The minimum absolute atomic E-state index is 0.138. The van der Waals surface area contributed by atoms with Crippen molar-refractivity contribution in [3.8, 4) is 0 Å². The second-order valence-corrected chi connectivity index (χ2v) is 7.73. The van der Waals surface area contributed by atoms with E-state index in [4.69, 9.17) is 0 Å². The van der Waals surface area contributed by atoms with Crippen molar-refractivity contribution in [2.24, 2.45) is 0 Å². The van der Waals surface area contributed by atoms with Crippen LogP contribution in [0.3, 0.4) is 0 Å². The molecule has 5 nitrogen and oxygen atoms in total. The number of nitrogens with zero attached hydrogens (tertiary/aromatic N) is 1. The highest BCUT2D eigenvalue weighted by Gasteiger charge is 2.31. The molecule has 0 aliphatic carbocycles. The highest BCUT2D eigenvalue weighted by molar-refractivity contribution is 9.10. The Labute approximate surface area is 133 Å². The average molecular weight is 375 g/mol. The Kier molecular flexibility index (Phi) is 5.06. The number of amides is 1. The minimum atomic E-state index is -3.62. The van der Waals surface area contributed by atoms with Gasteiger partial charge in [0.15, 0.2) is 0 Å². The van der Waals surface area contributed by atoms with Gasteiger partial charge in [-0.2, -0.15) is 0 Å². The lowest BCUT2D eigenvalue weighted by atomic mass is 10.2. The molecular formula is C14H19BrN2O3S. The molecular weight excluding hydrogens is 356 g/mol. The molecule has 116 valence electrons. The summed E-state index contributed by atoms with van der Waals surface area (Å²) in [5, 5.41) is 0. The summed E-state index contributed by atoms with van der Waals surface area (Å²) in [6, 6.07) is 3.44. The first-order valence-corrected chi connectivity index (χ1v) is 9.24. The number of benzene rings is 1. The summed E-state index contributed by atoms with van der Waals surface area (Å²) in [6.07, 6.45) is 2.37. The van der Waals surface area contributed by atoms with Crippen LogP contribution in [-0.2, 0) is 21.2 Å². The van der Waals surface area contributed by atoms with Crippen molar-refractivity contribution in [3.05, 3.63) is 22.2 Å². The fourth-order valence-electron chi connectivity index (χ4n) is 2.45. The first-order chi connectivity index (χ1) is 9.86. The number of fused-ring (bicyclic) bond motifs is 1. The summed E-state index contributed by atoms with van der Waals surface area (Å²) in [4.78, 5) is 13.4. The smallest absolute Gasteiger partial charge is 0.242 e. The quantitative estimate of drug-likeness (QED) is 0.804. The lowest BCUT2D eigenvalue weighted by Gasteiger charge is -2.19. The highest BCUT2D eigenvalue weighted by Crippen LogP contribution is 2.37. The fourth-order valence-corrected chi connectivity index (χ4v) is 4.45. The van der Waals surface area contributed by atoms with Crippen LogP contribution in [0.2, 0.25) is 0 Å². The van der Waals surface area contributed by atoms with Crippen molar-refractivity contribution in [1.82, 2.24) is 4.72 Å². The largest absolute Gasteiger partial charge is 0.311 e. The van der Waals surface area contributed by atoms with Gasteiger partial charge in [0.2, 0.25) is 15.9 Å². The number of hydrogen-bond donors (Lipinski definition) is 1. The van der Waals surface area contributed by atoms with E-state index in [1.54, 1.807) is 6.07 Å². The van der Waals surface area contributed by atoms with Crippen LogP contribution in [0.25, 0.3) is 0 Å². The summed E-state index contributed by atoms with van der Waals surface area (Å²) >= 11 is 3.35. The van der Waals surface area contributed by atoms with Crippen LogP contribution in [-0.4, -0.2) is 27.4 Å². The number of rotatable bonds is 5. The van der Waals surface area contributed by atoms with Gasteiger partial charge in [-0.05, 0) is 30.5 Å². The van der Waals surface area contributed by atoms with E-state index in [-0.39, 0.29) is 10.8 Å². The van der Waals surface area contributed by atoms with E-state index in [0.717, 1.165) is 18.4 Å². The Morgan fingerprint density at radius 2 is 2.14 bits per heavy atom. The molecule has 1 amide bonds. The maximum atomic E-state index is 12.5. The SMILES string of the molecule is CCCCNS(=O)(=O)c1cc(Br)cc2c1N(C(C)=O)CC2. The van der Waals surface area contributed by atoms with Crippen LogP contribution in [0.1, 0.15) is 32.3 Å². The molecule has 0 fully saturated rings. The molecule has 0 bridgehead atoms. The Balaban J connectivity index is 2.47. The van der Waals surface area contributed by atoms with Crippen LogP contribution < -0.4 is 9.62 Å². The minimum Gasteiger partial charge on any atom is -0.311 e. The van der Waals surface area contributed by atoms with Gasteiger partial charge in [0.1, 0.15) is 4.90 Å². The van der Waals surface area contributed by atoms with Gasteiger partial charge in [-0.15, -0.1) is 0 Å². The zero-order chi connectivity index (χ0) is 15.6. The molecule has 1 aliphatic heterocycles. The molecule has 0 atom stereocenters. The van der Waals surface area contributed by atoms with E-state index < -0.39 is 10.0 Å². The summed E-state index contributed by atoms with van der Waals surface area (Å²) in [6.45, 7) is 4.39. The first-order valence-electron chi connectivity index (χ1n) is 6.97. The number of carbonyl (C=O) groups is 1. The maximum Gasteiger partial charge on any atom is 0.242 e. The third-order valence-corrected chi connectivity index (χ3v) is 5.42. The predicted octanol–water partition coefficient (Wildman–Crippen LogP) is 2.44. The molecule has 1 aliphatic rings. The normalized spacial score (nSPS) is 14.3. The van der Waals surface area contributed by atoms with Gasteiger partial charge in [-0.1, -0.05) is 29.3 Å². The van der Waals surface area contributed by atoms with E-state index >= 15 is 0 Å². The fraction of sp³-hybridized carbons (Fsp3) is 0.500. The molecule has 0 aromatic heterocycles. The van der Waals surface area contributed by atoms with E-state index in [1.165, 1.54) is 11.8 Å². The van der Waals surface area contributed by atoms with Crippen molar-refractivity contribution in [3.63, 3.8) is 0 Å². The van der Waals surface area contributed by atoms with Gasteiger partial charge in [0.05, 0.1) is 5.69 Å². The van der Waals surface area contributed by atoms with Gasteiger partial charge >= 0.3 is 0 Å². The van der Waals surface area contributed by atoms with Gasteiger partial charge in [-0.3, -0.25) is 4.79 Å². The van der Waals surface area contributed by atoms with Crippen LogP contribution in [0.15, 0.2) is 21.5 Å². The van der Waals surface area contributed by atoms with E-state index in [9.17, 15) is 13.2 Å². The predicted molar refractivity (Wildman–Crippen MR) is 86.0 cm³/mol. The van der Waals surface area contributed by atoms with Crippen molar-refractivity contribution in [2.45, 2.75) is 38.0 Å². The summed E-state index contributed by atoms with van der Waals surface area (Å²) in [7, 11) is -3.62. The number of carbonyl (C=O) groups excluding carboxylic acids is 1. The van der Waals surface area contributed by atoms with Gasteiger partial charge < -0.3 is 4.90 Å². The topological polar surface area (TPSA) is 66.5 Å². The van der Waals surface area contributed by atoms with Gasteiger partial charge in [0.25, 0.3) is 0 Å². The van der Waals surface area contributed by atoms with Crippen molar-refractivity contribution < 1.29 is 13.2 Å². The van der Waals surface area contributed by atoms with E-state index in [0.29, 0.717) is 29.7 Å². The van der Waals surface area contributed by atoms with Gasteiger partial charge in [-0.25, -0.2) is 13.1 Å². The highest BCUT2D eigenvalue weighted by atomic mass is 79.9. The molecule has 0 saturated carbocycles. The van der Waals surface area contributed by atoms with Crippen molar-refractivity contribution >= 4 is 37.5 Å². The number of sulfonamides is 1. The van der Waals surface area contributed by atoms with Crippen LogP contribution in [0.4, 0.5) is 5.69 Å². The number of nitrogens with one attached hydrogen (secondary N) is 1. The number of anilines is 1. The molecule has 0 spiro atoms. The number of halogens is 1. The average Bonchev–Trinajstić information content (AvgIpc) is 2.81. The molecule has 1 heterocycles. The lowest BCUT2D eigenvalue weighted by Crippen LogP contribution is -2.30. The molecule has 1 aromatic rings. The Bertz CT molecular complexity index is 658. The number of hydrogen-bond acceptors (Lipinski definition) is 3. The third-order valence-electron chi connectivity index (χ3n) is 3.49. The van der Waals surface area contributed by atoms with Crippen molar-refractivity contribution in [2.75, 3.05) is 18.0 Å².